The monoisotopic (exact) mass is 343 g/mol. The Balaban J connectivity index is 0. The summed E-state index contributed by atoms with van der Waals surface area (Å²) in [5, 5.41) is 5.55. The van der Waals surface area contributed by atoms with Crippen LogP contribution in [0, 0.1) is 0 Å². The smallest absolute Gasteiger partial charge is 0.357 e. The molecule has 0 bridgehead atoms. The minimum absolute atomic E-state index is 0. The van der Waals surface area contributed by atoms with Gasteiger partial charge in [-0.3, -0.25) is 0 Å². The molecule has 0 saturated heterocycles. The van der Waals surface area contributed by atoms with E-state index in [4.69, 9.17) is 10.5 Å². The lowest BCUT2D eigenvalue weighted by Crippen LogP contribution is -2.28. The van der Waals surface area contributed by atoms with Gasteiger partial charge in [0, 0.05) is 18.0 Å². The number of carbonyl (C=O) groups excluding carboxylic acids is 1. The van der Waals surface area contributed by atoms with Gasteiger partial charge in [-0.25, -0.2) is 9.78 Å². The Morgan fingerprint density at radius 2 is 2.20 bits per heavy atom. The van der Waals surface area contributed by atoms with Crippen molar-refractivity contribution in [3.63, 3.8) is 0 Å². The first kappa shape index (κ1) is 21.7. The summed E-state index contributed by atoms with van der Waals surface area (Å²) < 4.78 is 4.87. The van der Waals surface area contributed by atoms with Crippen molar-refractivity contribution >= 4 is 47.3 Å². The highest BCUT2D eigenvalue weighted by Crippen LogP contribution is 2.16. The summed E-state index contributed by atoms with van der Waals surface area (Å²) in [5.41, 5.74) is 6.30. The molecule has 8 heteroatoms. The van der Waals surface area contributed by atoms with E-state index in [2.05, 4.69) is 17.2 Å². The number of nitrogens with one attached hydrogen (secondary N) is 1. The molecule has 0 aliphatic heterocycles. The summed E-state index contributed by atoms with van der Waals surface area (Å²) in [7, 11) is 0. The van der Waals surface area contributed by atoms with Gasteiger partial charge in [0.2, 0.25) is 0 Å². The fourth-order valence-electron chi connectivity index (χ4n) is 1.44. The highest BCUT2D eigenvalue weighted by atomic mass is 35.5. The lowest BCUT2D eigenvalue weighted by atomic mass is 10.1. The molecule has 0 aromatic carbocycles. The van der Waals surface area contributed by atoms with Gasteiger partial charge >= 0.3 is 5.97 Å². The highest BCUT2D eigenvalue weighted by Gasteiger charge is 2.11. The number of esters is 1. The summed E-state index contributed by atoms with van der Waals surface area (Å²) >= 11 is 1.39. The lowest BCUT2D eigenvalue weighted by Gasteiger charge is -2.10. The molecule has 1 atom stereocenters. The Hall–Kier alpha value is -0.560. The van der Waals surface area contributed by atoms with Crippen molar-refractivity contribution < 1.29 is 9.53 Å². The number of thiazole rings is 1. The van der Waals surface area contributed by atoms with Gasteiger partial charge in [-0.1, -0.05) is 19.8 Å². The molecule has 0 spiro atoms. The minimum Gasteiger partial charge on any atom is -0.461 e. The number of nitrogens with two attached hydrogens (primary N) is 1. The molecule has 5 nitrogen and oxygen atoms in total. The molecule has 1 aromatic heterocycles. The second-order valence-corrected chi connectivity index (χ2v) is 4.90. The van der Waals surface area contributed by atoms with Crippen molar-refractivity contribution in [3.8, 4) is 0 Å². The van der Waals surface area contributed by atoms with Gasteiger partial charge in [0.1, 0.15) is 0 Å². The van der Waals surface area contributed by atoms with Crippen LogP contribution in [0.3, 0.4) is 0 Å². The van der Waals surface area contributed by atoms with E-state index in [1.54, 1.807) is 12.3 Å². The maximum absolute atomic E-state index is 11.4. The van der Waals surface area contributed by atoms with Crippen LogP contribution in [0.5, 0.6) is 0 Å². The van der Waals surface area contributed by atoms with E-state index >= 15 is 0 Å². The molecule has 1 heterocycles. The van der Waals surface area contributed by atoms with Crippen molar-refractivity contribution in [3.05, 3.63) is 11.1 Å². The van der Waals surface area contributed by atoms with E-state index in [0.29, 0.717) is 24.0 Å². The molecular formula is C12H23Cl2N3O2S. The zero-order valence-corrected chi connectivity index (χ0v) is 14.2. The molecule has 3 N–H and O–H groups in total. The Morgan fingerprint density at radius 3 is 2.80 bits per heavy atom. The quantitative estimate of drug-likeness (QED) is 0.709. The Bertz CT molecular complexity index is 377. The third kappa shape index (κ3) is 7.89. The van der Waals surface area contributed by atoms with Gasteiger partial charge < -0.3 is 15.8 Å². The second kappa shape index (κ2) is 12.2. The van der Waals surface area contributed by atoms with Crippen molar-refractivity contribution in [2.24, 2.45) is 5.73 Å². The Kier molecular flexibility index (Phi) is 13.3. The number of unbranched alkanes of at least 4 members (excludes halogenated alkanes) is 1. The first-order valence-corrected chi connectivity index (χ1v) is 7.17. The van der Waals surface area contributed by atoms with Gasteiger partial charge in [0.15, 0.2) is 10.8 Å². The summed E-state index contributed by atoms with van der Waals surface area (Å²) in [6.45, 7) is 4.96. The van der Waals surface area contributed by atoms with Gasteiger partial charge in [0.05, 0.1) is 6.61 Å². The molecule has 20 heavy (non-hydrogen) atoms. The maximum atomic E-state index is 11.4. The SMILES string of the molecule is CCCC[C@@H](N)CNc1nc(C(=O)OCC)cs1.Cl.Cl. The van der Waals surface area contributed by atoms with Gasteiger partial charge in [-0.05, 0) is 13.3 Å². The normalized spacial score (nSPS) is 10.9. The number of anilines is 1. The molecule has 0 aliphatic carbocycles. The van der Waals surface area contributed by atoms with Crippen LogP contribution in [0.15, 0.2) is 5.38 Å². The van der Waals surface area contributed by atoms with E-state index < -0.39 is 0 Å². The first-order valence-electron chi connectivity index (χ1n) is 6.29. The summed E-state index contributed by atoms with van der Waals surface area (Å²) in [6.07, 6.45) is 3.28. The summed E-state index contributed by atoms with van der Waals surface area (Å²) in [6, 6.07) is 0.125. The molecule has 0 fully saturated rings. The van der Waals surface area contributed by atoms with Crippen LogP contribution in [0.4, 0.5) is 5.13 Å². The number of nitrogens with zero attached hydrogens (tertiary/aromatic N) is 1. The lowest BCUT2D eigenvalue weighted by molar-refractivity contribution is 0.0520. The zero-order chi connectivity index (χ0) is 13.4. The fourth-order valence-corrected chi connectivity index (χ4v) is 2.13. The number of aromatic nitrogens is 1. The predicted molar refractivity (Wildman–Crippen MR) is 88.6 cm³/mol. The van der Waals surface area contributed by atoms with Crippen LogP contribution in [0.1, 0.15) is 43.6 Å². The van der Waals surface area contributed by atoms with Gasteiger partial charge in [-0.2, -0.15) is 0 Å². The Labute approximate surface area is 136 Å². The van der Waals surface area contributed by atoms with Crippen LogP contribution in [0.25, 0.3) is 0 Å². The van der Waals surface area contributed by atoms with Crippen molar-refractivity contribution in [1.29, 1.82) is 0 Å². The van der Waals surface area contributed by atoms with E-state index in [9.17, 15) is 4.79 Å². The third-order valence-corrected chi connectivity index (χ3v) is 3.23. The molecule has 1 aromatic rings. The van der Waals surface area contributed by atoms with Crippen LogP contribution in [-0.4, -0.2) is 30.1 Å². The van der Waals surface area contributed by atoms with E-state index in [1.165, 1.54) is 11.3 Å². The van der Waals surface area contributed by atoms with Gasteiger partial charge in [-0.15, -0.1) is 36.2 Å². The molecule has 1 rings (SSSR count). The Morgan fingerprint density at radius 1 is 1.50 bits per heavy atom. The number of hydrogen-bond acceptors (Lipinski definition) is 6. The highest BCUT2D eigenvalue weighted by molar-refractivity contribution is 7.13. The minimum atomic E-state index is -0.378. The van der Waals surface area contributed by atoms with Crippen LogP contribution < -0.4 is 11.1 Å². The molecule has 0 radical (unpaired) electrons. The summed E-state index contributed by atoms with van der Waals surface area (Å²) in [4.78, 5) is 15.6. The third-order valence-electron chi connectivity index (χ3n) is 2.43. The number of hydrogen-bond donors (Lipinski definition) is 2. The van der Waals surface area contributed by atoms with E-state index in [1.807, 2.05) is 0 Å². The van der Waals surface area contributed by atoms with Crippen molar-refractivity contribution in [2.45, 2.75) is 39.2 Å². The molecule has 0 amide bonds. The van der Waals surface area contributed by atoms with E-state index in [-0.39, 0.29) is 36.8 Å². The van der Waals surface area contributed by atoms with Crippen LogP contribution >= 0.6 is 36.2 Å². The average molecular weight is 344 g/mol. The fraction of sp³-hybridized carbons (Fsp3) is 0.667. The molecule has 0 saturated carbocycles. The maximum Gasteiger partial charge on any atom is 0.357 e. The van der Waals surface area contributed by atoms with Crippen molar-refractivity contribution in [1.82, 2.24) is 4.98 Å². The first-order chi connectivity index (χ1) is 8.67. The standard InChI is InChI=1S/C12H21N3O2S.2ClH/c1-3-5-6-9(13)7-14-12-15-10(8-18-12)11(16)17-4-2;;/h8-9H,3-7,13H2,1-2H3,(H,14,15);2*1H/t9-;;/m1../s1. The molecule has 118 valence electrons. The van der Waals surface area contributed by atoms with Crippen LogP contribution in [-0.2, 0) is 4.74 Å². The summed E-state index contributed by atoms with van der Waals surface area (Å²) in [5.74, 6) is -0.378. The van der Waals surface area contributed by atoms with E-state index in [0.717, 1.165) is 19.3 Å². The van der Waals surface area contributed by atoms with Crippen LogP contribution in [0.2, 0.25) is 0 Å². The number of ether oxygens (including phenoxy) is 1. The van der Waals surface area contributed by atoms with Gasteiger partial charge in [0.25, 0.3) is 0 Å². The largest absolute Gasteiger partial charge is 0.461 e. The number of rotatable bonds is 8. The molecule has 0 unspecified atom stereocenters. The zero-order valence-electron chi connectivity index (χ0n) is 11.8. The molecular weight excluding hydrogens is 321 g/mol. The predicted octanol–water partition coefficient (Wildman–Crippen LogP) is 3.09. The molecule has 0 aliphatic rings. The average Bonchev–Trinajstić information content (AvgIpc) is 2.83. The number of halogens is 2. The topological polar surface area (TPSA) is 77.2 Å². The second-order valence-electron chi connectivity index (χ2n) is 4.04. The van der Waals surface area contributed by atoms with Crippen molar-refractivity contribution in [2.75, 3.05) is 18.5 Å². The number of carbonyl (C=O) groups is 1.